The maximum Gasteiger partial charge on any atom is 0.107 e. The van der Waals surface area contributed by atoms with Crippen LogP contribution in [0.3, 0.4) is 0 Å². The summed E-state index contributed by atoms with van der Waals surface area (Å²) in [5.74, 6) is 0. The number of aliphatic hydroxyl groups excluding tert-OH is 1. The Morgan fingerprint density at radius 1 is 0.909 bits per heavy atom. The SMILES string of the molecule is CC(C)(Cc1ccc(C=CO)cc1)OC=Cc1ccccc1. The second-order valence-electron chi connectivity index (χ2n) is 5.83. The van der Waals surface area contributed by atoms with E-state index in [1.165, 1.54) is 5.56 Å². The molecule has 0 spiro atoms. The minimum atomic E-state index is -0.278. The number of hydrogen-bond acceptors (Lipinski definition) is 2. The third kappa shape index (κ3) is 5.13. The number of aliphatic hydroxyl groups is 1. The van der Waals surface area contributed by atoms with Crippen LogP contribution in [-0.2, 0) is 11.2 Å². The maximum absolute atomic E-state index is 8.76. The molecular weight excluding hydrogens is 272 g/mol. The van der Waals surface area contributed by atoms with Crippen LogP contribution in [0.15, 0.2) is 67.1 Å². The first kappa shape index (κ1) is 15.9. The van der Waals surface area contributed by atoms with Gasteiger partial charge in [0.25, 0.3) is 0 Å². The molecule has 2 rings (SSSR count). The molecule has 0 aliphatic rings. The van der Waals surface area contributed by atoms with Crippen LogP contribution in [0.5, 0.6) is 0 Å². The molecule has 0 aliphatic heterocycles. The van der Waals surface area contributed by atoms with Crippen molar-refractivity contribution in [3.63, 3.8) is 0 Å². The Hall–Kier alpha value is -2.48. The molecule has 0 bridgehead atoms. The second-order valence-corrected chi connectivity index (χ2v) is 5.83. The van der Waals surface area contributed by atoms with Crippen LogP contribution in [0.2, 0.25) is 0 Å². The lowest BCUT2D eigenvalue weighted by Crippen LogP contribution is -2.24. The molecule has 0 atom stereocenters. The van der Waals surface area contributed by atoms with Crippen LogP contribution in [0.4, 0.5) is 0 Å². The third-order valence-electron chi connectivity index (χ3n) is 3.32. The van der Waals surface area contributed by atoms with Crippen LogP contribution in [-0.4, -0.2) is 10.7 Å². The first-order valence-electron chi connectivity index (χ1n) is 7.38. The van der Waals surface area contributed by atoms with Gasteiger partial charge in [0.2, 0.25) is 0 Å². The Morgan fingerprint density at radius 3 is 2.18 bits per heavy atom. The zero-order valence-corrected chi connectivity index (χ0v) is 13.1. The molecule has 114 valence electrons. The Labute approximate surface area is 132 Å². The molecule has 1 N–H and O–H groups in total. The Balaban J connectivity index is 1.94. The van der Waals surface area contributed by atoms with Crippen LogP contribution < -0.4 is 0 Å². The van der Waals surface area contributed by atoms with Gasteiger partial charge in [-0.1, -0.05) is 54.6 Å². The highest BCUT2D eigenvalue weighted by atomic mass is 16.5. The number of benzene rings is 2. The molecule has 2 nitrogen and oxygen atoms in total. The molecule has 0 fully saturated rings. The van der Waals surface area contributed by atoms with E-state index in [1.54, 1.807) is 12.3 Å². The average Bonchev–Trinajstić information content (AvgIpc) is 2.50. The summed E-state index contributed by atoms with van der Waals surface area (Å²) >= 11 is 0. The van der Waals surface area contributed by atoms with Crippen molar-refractivity contribution in [3.05, 3.63) is 83.8 Å². The minimum absolute atomic E-state index is 0.278. The summed E-state index contributed by atoms with van der Waals surface area (Å²) < 4.78 is 5.88. The molecule has 22 heavy (non-hydrogen) atoms. The zero-order chi connectivity index (χ0) is 15.8. The van der Waals surface area contributed by atoms with Crippen molar-refractivity contribution in [2.75, 3.05) is 0 Å². The van der Waals surface area contributed by atoms with E-state index in [0.717, 1.165) is 23.8 Å². The highest BCUT2D eigenvalue weighted by Gasteiger charge is 2.18. The van der Waals surface area contributed by atoms with E-state index in [4.69, 9.17) is 9.84 Å². The summed E-state index contributed by atoms with van der Waals surface area (Å²) in [5, 5.41) is 8.76. The number of hydrogen-bond donors (Lipinski definition) is 1. The fraction of sp³-hybridized carbons (Fsp3) is 0.200. The summed E-state index contributed by atoms with van der Waals surface area (Å²) in [6.07, 6.45) is 7.26. The highest BCUT2D eigenvalue weighted by Crippen LogP contribution is 2.19. The van der Waals surface area contributed by atoms with Crippen molar-refractivity contribution < 1.29 is 9.84 Å². The average molecular weight is 294 g/mol. The van der Waals surface area contributed by atoms with Gasteiger partial charge in [-0.2, -0.15) is 0 Å². The van der Waals surface area contributed by atoms with Crippen molar-refractivity contribution in [2.45, 2.75) is 25.9 Å². The topological polar surface area (TPSA) is 29.5 Å². The molecule has 0 saturated carbocycles. The van der Waals surface area contributed by atoms with E-state index < -0.39 is 0 Å². The van der Waals surface area contributed by atoms with Gasteiger partial charge < -0.3 is 9.84 Å². The van der Waals surface area contributed by atoms with E-state index in [2.05, 4.69) is 26.0 Å². The molecule has 0 radical (unpaired) electrons. The van der Waals surface area contributed by atoms with Gasteiger partial charge in [0, 0.05) is 6.42 Å². The fourth-order valence-corrected chi connectivity index (χ4v) is 2.23. The molecule has 0 aliphatic carbocycles. The molecule has 0 aromatic heterocycles. The first-order chi connectivity index (χ1) is 10.6. The van der Waals surface area contributed by atoms with Crippen molar-refractivity contribution in [3.8, 4) is 0 Å². The van der Waals surface area contributed by atoms with E-state index in [0.29, 0.717) is 0 Å². The second kappa shape index (κ2) is 7.51. The van der Waals surface area contributed by atoms with E-state index in [9.17, 15) is 0 Å². The Bertz CT molecular complexity index is 623. The molecule has 2 aromatic rings. The van der Waals surface area contributed by atoms with Gasteiger partial charge in [-0.15, -0.1) is 0 Å². The Morgan fingerprint density at radius 2 is 1.55 bits per heavy atom. The third-order valence-corrected chi connectivity index (χ3v) is 3.32. The lowest BCUT2D eigenvalue weighted by molar-refractivity contribution is 0.0598. The van der Waals surface area contributed by atoms with E-state index >= 15 is 0 Å². The van der Waals surface area contributed by atoms with Crippen molar-refractivity contribution >= 4 is 12.2 Å². The normalized spacial score (nSPS) is 12.1. The minimum Gasteiger partial charge on any atom is -0.516 e. The van der Waals surface area contributed by atoms with Crippen molar-refractivity contribution in [2.24, 2.45) is 0 Å². The summed E-state index contributed by atoms with van der Waals surface area (Å²) in [7, 11) is 0. The predicted octanol–water partition coefficient (Wildman–Crippen LogP) is 5.22. The first-order valence-corrected chi connectivity index (χ1v) is 7.38. The standard InChI is InChI=1S/C20H22O2/c1-20(2,22-15-13-17-6-4-3-5-7-17)16-19-10-8-18(9-11-19)12-14-21/h3-15,21H,16H2,1-2H3. The number of ether oxygens (including phenoxy) is 1. The quantitative estimate of drug-likeness (QED) is 0.740. The Kier molecular flexibility index (Phi) is 5.42. The predicted molar refractivity (Wildman–Crippen MR) is 92.4 cm³/mol. The molecule has 2 aromatic carbocycles. The van der Waals surface area contributed by atoms with E-state index in [1.807, 2.05) is 48.5 Å². The summed E-state index contributed by atoms with van der Waals surface area (Å²) in [5.41, 5.74) is 3.03. The lowest BCUT2D eigenvalue weighted by Gasteiger charge is -2.24. The van der Waals surface area contributed by atoms with Crippen LogP contribution in [0, 0.1) is 0 Å². The van der Waals surface area contributed by atoms with Gasteiger partial charge in [0.1, 0.15) is 5.60 Å². The van der Waals surface area contributed by atoms with Crippen LogP contribution in [0.25, 0.3) is 12.2 Å². The van der Waals surface area contributed by atoms with Crippen LogP contribution in [0.1, 0.15) is 30.5 Å². The van der Waals surface area contributed by atoms with Gasteiger partial charge in [-0.25, -0.2) is 0 Å². The summed E-state index contributed by atoms with van der Waals surface area (Å²) in [6.45, 7) is 4.15. The van der Waals surface area contributed by atoms with Gasteiger partial charge in [0.15, 0.2) is 0 Å². The molecule has 0 saturated heterocycles. The van der Waals surface area contributed by atoms with Gasteiger partial charge in [0.05, 0.1) is 12.5 Å². The summed E-state index contributed by atoms with van der Waals surface area (Å²) in [4.78, 5) is 0. The van der Waals surface area contributed by atoms with Crippen molar-refractivity contribution in [1.82, 2.24) is 0 Å². The molecular formula is C20H22O2. The zero-order valence-electron chi connectivity index (χ0n) is 13.1. The molecule has 0 amide bonds. The van der Waals surface area contributed by atoms with E-state index in [-0.39, 0.29) is 5.60 Å². The number of rotatable bonds is 6. The monoisotopic (exact) mass is 294 g/mol. The largest absolute Gasteiger partial charge is 0.516 e. The van der Waals surface area contributed by atoms with Gasteiger partial charge in [-0.3, -0.25) is 0 Å². The maximum atomic E-state index is 8.76. The lowest BCUT2D eigenvalue weighted by atomic mass is 9.97. The van der Waals surface area contributed by atoms with Gasteiger partial charge >= 0.3 is 0 Å². The smallest absolute Gasteiger partial charge is 0.107 e. The van der Waals surface area contributed by atoms with Crippen molar-refractivity contribution in [1.29, 1.82) is 0 Å². The highest BCUT2D eigenvalue weighted by molar-refractivity contribution is 5.49. The van der Waals surface area contributed by atoms with Crippen LogP contribution >= 0.6 is 0 Å². The summed E-state index contributed by atoms with van der Waals surface area (Å²) in [6, 6.07) is 18.2. The molecule has 2 heteroatoms. The molecule has 0 unspecified atom stereocenters. The van der Waals surface area contributed by atoms with Gasteiger partial charge in [-0.05, 0) is 42.7 Å². The fourth-order valence-electron chi connectivity index (χ4n) is 2.23. The molecule has 0 heterocycles.